The maximum atomic E-state index is 12.1. The summed E-state index contributed by atoms with van der Waals surface area (Å²) in [4.78, 5) is 14.5. The van der Waals surface area contributed by atoms with Gasteiger partial charge < -0.3 is 16.0 Å². The molecule has 4 nitrogen and oxygen atoms in total. The first-order valence-corrected chi connectivity index (χ1v) is 8.60. The molecule has 0 aromatic carbocycles. The highest BCUT2D eigenvalue weighted by Crippen LogP contribution is 2.38. The maximum absolute atomic E-state index is 12.1. The van der Waals surface area contributed by atoms with Crippen LogP contribution in [0.5, 0.6) is 0 Å². The number of nitrogens with two attached hydrogens (primary N) is 1. The summed E-state index contributed by atoms with van der Waals surface area (Å²) >= 11 is 0. The third-order valence-electron chi connectivity index (χ3n) is 5.44. The number of carbonyl (C=O) groups is 1. The molecule has 0 radical (unpaired) electrons. The summed E-state index contributed by atoms with van der Waals surface area (Å²) in [6.45, 7) is 10.8. The van der Waals surface area contributed by atoms with Gasteiger partial charge in [-0.05, 0) is 64.6 Å². The van der Waals surface area contributed by atoms with Crippen LogP contribution in [0.25, 0.3) is 0 Å². The van der Waals surface area contributed by atoms with E-state index in [2.05, 4.69) is 45.0 Å². The van der Waals surface area contributed by atoms with Gasteiger partial charge in [0.2, 0.25) is 5.91 Å². The molecule has 1 aliphatic rings. The molecule has 3 N–H and O–H groups in total. The molecule has 1 saturated carbocycles. The van der Waals surface area contributed by atoms with Gasteiger partial charge in [-0.25, -0.2) is 0 Å². The second-order valence-corrected chi connectivity index (χ2v) is 7.11. The highest BCUT2D eigenvalue weighted by Gasteiger charge is 2.46. The van der Waals surface area contributed by atoms with Crippen molar-refractivity contribution in [3.8, 4) is 0 Å². The number of rotatable bonds is 9. The van der Waals surface area contributed by atoms with Gasteiger partial charge in [-0.1, -0.05) is 27.2 Å². The molecule has 0 spiro atoms. The van der Waals surface area contributed by atoms with Crippen LogP contribution < -0.4 is 11.1 Å². The Balaban J connectivity index is 2.65. The maximum Gasteiger partial charge on any atom is 0.238 e. The number of nitrogens with one attached hydrogen (secondary N) is 1. The Morgan fingerprint density at radius 1 is 1.43 bits per heavy atom. The lowest BCUT2D eigenvalue weighted by Gasteiger charge is -2.36. The molecule has 3 unspecified atom stereocenters. The summed E-state index contributed by atoms with van der Waals surface area (Å²) in [7, 11) is 2.19. The van der Waals surface area contributed by atoms with E-state index < -0.39 is 5.54 Å². The zero-order chi connectivity index (χ0) is 16.0. The quantitative estimate of drug-likeness (QED) is 0.687. The lowest BCUT2D eigenvalue weighted by molar-refractivity contribution is -0.126. The third-order valence-corrected chi connectivity index (χ3v) is 5.44. The van der Waals surface area contributed by atoms with Crippen LogP contribution in [0.15, 0.2) is 0 Å². The highest BCUT2D eigenvalue weighted by atomic mass is 16.1. The summed E-state index contributed by atoms with van der Waals surface area (Å²) in [5.41, 5.74) is 5.30. The van der Waals surface area contributed by atoms with E-state index in [9.17, 15) is 4.79 Å². The minimum absolute atomic E-state index is 0.155. The van der Waals surface area contributed by atoms with Gasteiger partial charge in [0.15, 0.2) is 0 Å². The van der Waals surface area contributed by atoms with Crippen LogP contribution >= 0.6 is 0 Å². The minimum atomic E-state index is -0.460. The fourth-order valence-electron chi connectivity index (χ4n) is 3.53. The smallest absolute Gasteiger partial charge is 0.238 e. The molecule has 0 saturated heterocycles. The first-order chi connectivity index (χ1) is 9.85. The van der Waals surface area contributed by atoms with E-state index in [1.165, 1.54) is 0 Å². The van der Waals surface area contributed by atoms with Crippen LogP contribution in [0, 0.1) is 11.8 Å². The van der Waals surface area contributed by atoms with E-state index in [1.54, 1.807) is 0 Å². The Kier molecular flexibility index (Phi) is 7.14. The van der Waals surface area contributed by atoms with E-state index >= 15 is 0 Å². The number of hydrogen-bond donors (Lipinski definition) is 2. The third kappa shape index (κ3) is 4.43. The van der Waals surface area contributed by atoms with Crippen molar-refractivity contribution in [2.45, 2.75) is 71.4 Å². The van der Waals surface area contributed by atoms with E-state index in [0.29, 0.717) is 17.9 Å². The zero-order valence-corrected chi connectivity index (χ0v) is 14.6. The summed E-state index contributed by atoms with van der Waals surface area (Å²) < 4.78 is 0. The normalized spacial score (nSPS) is 27.5. The van der Waals surface area contributed by atoms with E-state index in [1.807, 2.05) is 0 Å². The molecule has 0 bridgehead atoms. The molecule has 1 fully saturated rings. The number of hydrogen-bond acceptors (Lipinski definition) is 3. The SMILES string of the molecule is CCCNC1(C(N)=O)CCCC1CCN(C)C(C)C(C)C. The van der Waals surface area contributed by atoms with Gasteiger partial charge in [0.05, 0.1) is 0 Å². The Morgan fingerprint density at radius 3 is 2.62 bits per heavy atom. The van der Waals surface area contributed by atoms with E-state index in [4.69, 9.17) is 5.73 Å². The van der Waals surface area contributed by atoms with E-state index in [-0.39, 0.29) is 5.91 Å². The van der Waals surface area contributed by atoms with Crippen LogP contribution in [-0.2, 0) is 4.79 Å². The standard InChI is InChI=1S/C17H35N3O/c1-6-11-19-17(16(18)21)10-7-8-15(17)9-12-20(5)14(4)13(2)3/h13-15,19H,6-12H2,1-5H3,(H2,18,21). The Morgan fingerprint density at radius 2 is 2.10 bits per heavy atom. The fourth-order valence-corrected chi connectivity index (χ4v) is 3.53. The van der Waals surface area contributed by atoms with Crippen LogP contribution in [0.4, 0.5) is 0 Å². The average Bonchev–Trinajstić information content (AvgIpc) is 2.85. The monoisotopic (exact) mass is 297 g/mol. The lowest BCUT2D eigenvalue weighted by atomic mass is 9.83. The van der Waals surface area contributed by atoms with Gasteiger partial charge in [0, 0.05) is 6.04 Å². The largest absolute Gasteiger partial charge is 0.368 e. The van der Waals surface area contributed by atoms with Crippen LogP contribution in [0.1, 0.15) is 59.8 Å². The molecule has 0 aromatic rings. The fraction of sp³-hybridized carbons (Fsp3) is 0.941. The first-order valence-electron chi connectivity index (χ1n) is 8.60. The molecule has 0 aromatic heterocycles. The molecular weight excluding hydrogens is 262 g/mol. The van der Waals surface area contributed by atoms with Gasteiger partial charge in [0.1, 0.15) is 5.54 Å². The first kappa shape index (κ1) is 18.4. The number of primary amides is 1. The molecule has 21 heavy (non-hydrogen) atoms. The topological polar surface area (TPSA) is 58.4 Å². The van der Waals surface area contributed by atoms with Gasteiger partial charge in [-0.2, -0.15) is 0 Å². The van der Waals surface area contributed by atoms with Crippen molar-refractivity contribution in [3.05, 3.63) is 0 Å². The summed E-state index contributed by atoms with van der Waals surface area (Å²) in [5, 5.41) is 3.48. The average molecular weight is 297 g/mol. The predicted molar refractivity (Wildman–Crippen MR) is 89.1 cm³/mol. The minimum Gasteiger partial charge on any atom is -0.368 e. The van der Waals surface area contributed by atoms with Crippen LogP contribution in [-0.4, -0.2) is 42.5 Å². The second-order valence-electron chi connectivity index (χ2n) is 7.11. The van der Waals surface area contributed by atoms with Gasteiger partial charge in [-0.3, -0.25) is 4.79 Å². The molecule has 1 aliphatic carbocycles. The van der Waals surface area contributed by atoms with Crippen LogP contribution in [0.3, 0.4) is 0 Å². The molecular formula is C17H35N3O. The molecule has 1 amide bonds. The van der Waals surface area contributed by atoms with Crippen molar-refractivity contribution < 1.29 is 4.79 Å². The van der Waals surface area contributed by atoms with Crippen molar-refractivity contribution in [2.24, 2.45) is 17.6 Å². The van der Waals surface area contributed by atoms with Crippen molar-refractivity contribution in [2.75, 3.05) is 20.1 Å². The molecule has 124 valence electrons. The predicted octanol–water partition coefficient (Wildman–Crippen LogP) is 2.38. The molecule has 4 heteroatoms. The van der Waals surface area contributed by atoms with Gasteiger partial charge >= 0.3 is 0 Å². The second kappa shape index (κ2) is 8.14. The van der Waals surface area contributed by atoms with Gasteiger partial charge in [-0.15, -0.1) is 0 Å². The summed E-state index contributed by atoms with van der Waals surface area (Å²) in [5.74, 6) is 0.874. The Bertz CT molecular complexity index is 332. The highest BCUT2D eigenvalue weighted by molar-refractivity contribution is 5.85. The number of carbonyl (C=O) groups excluding carboxylic acids is 1. The summed E-state index contributed by atoms with van der Waals surface area (Å²) in [6, 6.07) is 0.568. The van der Waals surface area contributed by atoms with E-state index in [0.717, 1.165) is 45.2 Å². The van der Waals surface area contributed by atoms with Gasteiger partial charge in [0.25, 0.3) is 0 Å². The number of amides is 1. The molecule has 0 heterocycles. The molecule has 3 atom stereocenters. The Labute approximate surface area is 130 Å². The van der Waals surface area contributed by atoms with Crippen LogP contribution in [0.2, 0.25) is 0 Å². The molecule has 0 aliphatic heterocycles. The summed E-state index contributed by atoms with van der Waals surface area (Å²) in [6.07, 6.45) is 5.20. The van der Waals surface area contributed by atoms with Crippen molar-refractivity contribution in [3.63, 3.8) is 0 Å². The lowest BCUT2D eigenvalue weighted by Crippen LogP contribution is -2.58. The van der Waals surface area contributed by atoms with Crippen molar-refractivity contribution in [1.82, 2.24) is 10.2 Å². The van der Waals surface area contributed by atoms with Crippen molar-refractivity contribution >= 4 is 5.91 Å². The Hall–Kier alpha value is -0.610. The number of nitrogens with zero attached hydrogens (tertiary/aromatic N) is 1. The molecule has 1 rings (SSSR count). The zero-order valence-electron chi connectivity index (χ0n) is 14.6. The van der Waals surface area contributed by atoms with Crippen molar-refractivity contribution in [1.29, 1.82) is 0 Å².